The summed E-state index contributed by atoms with van der Waals surface area (Å²) < 4.78 is 0. The number of hydrogen-bond acceptors (Lipinski definition) is 3. The Hall–Kier alpha value is -1.10. The van der Waals surface area contributed by atoms with E-state index in [0.717, 1.165) is 52.0 Å². The first kappa shape index (κ1) is 18.9. The van der Waals surface area contributed by atoms with Gasteiger partial charge in [-0.25, -0.2) is 0 Å². The highest BCUT2D eigenvalue weighted by atomic mass is 16.2. The van der Waals surface area contributed by atoms with Crippen molar-refractivity contribution in [2.75, 3.05) is 32.7 Å². The number of hydrogen-bond donors (Lipinski definition) is 1. The van der Waals surface area contributed by atoms with Gasteiger partial charge in [0.25, 0.3) is 0 Å². The summed E-state index contributed by atoms with van der Waals surface area (Å²) in [4.78, 5) is 27.7. The molecule has 1 N–H and O–H groups in total. The van der Waals surface area contributed by atoms with Crippen LogP contribution in [0, 0.1) is 0 Å². The van der Waals surface area contributed by atoms with Gasteiger partial charge in [-0.05, 0) is 51.7 Å². The Balaban J connectivity index is 2.21. The second-order valence-electron chi connectivity index (χ2n) is 6.30. The zero-order valence-electron chi connectivity index (χ0n) is 14.6. The van der Waals surface area contributed by atoms with Crippen molar-refractivity contribution in [1.82, 2.24) is 15.1 Å². The lowest BCUT2D eigenvalue weighted by molar-refractivity contribution is -0.132. The minimum Gasteiger partial charge on any atom is -0.353 e. The first-order valence-corrected chi connectivity index (χ1v) is 8.84. The van der Waals surface area contributed by atoms with Crippen LogP contribution in [0.5, 0.6) is 0 Å². The molecule has 22 heavy (non-hydrogen) atoms. The number of likely N-dealkylation sites (tertiary alicyclic amines) is 1. The molecule has 2 amide bonds. The van der Waals surface area contributed by atoms with Gasteiger partial charge in [0.1, 0.15) is 0 Å². The average Bonchev–Trinajstić information content (AvgIpc) is 2.47. The van der Waals surface area contributed by atoms with Gasteiger partial charge in [0.2, 0.25) is 11.8 Å². The molecule has 5 nitrogen and oxygen atoms in total. The Labute approximate surface area is 135 Å². The highest BCUT2D eigenvalue weighted by Gasteiger charge is 2.22. The number of nitrogens with zero attached hydrogens (tertiary/aromatic N) is 2. The van der Waals surface area contributed by atoms with Crippen LogP contribution in [-0.4, -0.2) is 60.4 Å². The van der Waals surface area contributed by atoms with E-state index >= 15 is 0 Å². The van der Waals surface area contributed by atoms with Gasteiger partial charge in [0.15, 0.2) is 0 Å². The number of carbonyl (C=O) groups excluding carboxylic acids is 2. The predicted molar refractivity (Wildman–Crippen MR) is 89.7 cm³/mol. The second-order valence-corrected chi connectivity index (χ2v) is 6.30. The molecule has 0 aromatic carbocycles. The standard InChI is InChI=1S/C17H33N3O2/c1-4-10-19(11-5-2)12-6-7-17(22)20-13-8-16(9-14-20)18-15(3)21/h16H,4-14H2,1-3H3,(H,18,21). The topological polar surface area (TPSA) is 52.7 Å². The fourth-order valence-corrected chi connectivity index (χ4v) is 3.14. The van der Waals surface area contributed by atoms with Crippen molar-refractivity contribution < 1.29 is 9.59 Å². The van der Waals surface area contributed by atoms with E-state index in [1.54, 1.807) is 6.92 Å². The third-order valence-electron chi connectivity index (χ3n) is 4.20. The molecule has 1 heterocycles. The van der Waals surface area contributed by atoms with E-state index in [1.165, 1.54) is 12.8 Å². The molecule has 1 saturated heterocycles. The van der Waals surface area contributed by atoms with Gasteiger partial charge in [-0.1, -0.05) is 13.8 Å². The summed E-state index contributed by atoms with van der Waals surface area (Å²) in [5.74, 6) is 0.297. The summed E-state index contributed by atoms with van der Waals surface area (Å²) in [6.07, 6.45) is 5.70. The Morgan fingerprint density at radius 3 is 2.18 bits per heavy atom. The Morgan fingerprint density at radius 1 is 1.09 bits per heavy atom. The molecule has 1 fully saturated rings. The lowest BCUT2D eigenvalue weighted by atomic mass is 10.0. The molecule has 1 aliphatic rings. The van der Waals surface area contributed by atoms with E-state index in [1.807, 2.05) is 4.90 Å². The largest absolute Gasteiger partial charge is 0.353 e. The van der Waals surface area contributed by atoms with Crippen molar-refractivity contribution >= 4 is 11.8 Å². The lowest BCUT2D eigenvalue weighted by Crippen LogP contribution is -2.46. The van der Waals surface area contributed by atoms with E-state index in [4.69, 9.17) is 0 Å². The minimum absolute atomic E-state index is 0.0247. The van der Waals surface area contributed by atoms with Gasteiger partial charge < -0.3 is 15.1 Å². The summed E-state index contributed by atoms with van der Waals surface area (Å²) in [5, 5.41) is 2.94. The molecule has 0 saturated carbocycles. The van der Waals surface area contributed by atoms with Crippen molar-refractivity contribution in [2.24, 2.45) is 0 Å². The van der Waals surface area contributed by atoms with E-state index < -0.39 is 0 Å². The summed E-state index contributed by atoms with van der Waals surface area (Å²) in [5.41, 5.74) is 0. The van der Waals surface area contributed by atoms with Crippen LogP contribution < -0.4 is 5.32 Å². The summed E-state index contributed by atoms with van der Waals surface area (Å²) in [6, 6.07) is 0.242. The Morgan fingerprint density at radius 2 is 1.68 bits per heavy atom. The van der Waals surface area contributed by atoms with Crippen molar-refractivity contribution in [1.29, 1.82) is 0 Å². The van der Waals surface area contributed by atoms with Gasteiger partial charge in [-0.3, -0.25) is 9.59 Å². The predicted octanol–water partition coefficient (Wildman–Crippen LogP) is 2.02. The lowest BCUT2D eigenvalue weighted by Gasteiger charge is -2.32. The zero-order chi connectivity index (χ0) is 16.4. The molecular weight excluding hydrogens is 278 g/mol. The average molecular weight is 311 g/mol. The van der Waals surface area contributed by atoms with Gasteiger partial charge in [-0.15, -0.1) is 0 Å². The van der Waals surface area contributed by atoms with Crippen LogP contribution in [0.4, 0.5) is 0 Å². The second kappa shape index (κ2) is 10.6. The zero-order valence-corrected chi connectivity index (χ0v) is 14.6. The van der Waals surface area contributed by atoms with E-state index in [9.17, 15) is 9.59 Å². The quantitative estimate of drug-likeness (QED) is 0.709. The molecule has 5 heteroatoms. The molecule has 0 atom stereocenters. The number of piperidine rings is 1. The van der Waals surface area contributed by atoms with Crippen LogP contribution in [-0.2, 0) is 9.59 Å². The summed E-state index contributed by atoms with van der Waals surface area (Å²) in [6.45, 7) is 10.8. The van der Waals surface area contributed by atoms with Crippen molar-refractivity contribution in [3.8, 4) is 0 Å². The Kier molecular flexibility index (Phi) is 9.13. The van der Waals surface area contributed by atoms with E-state index in [0.29, 0.717) is 6.42 Å². The first-order valence-electron chi connectivity index (χ1n) is 8.84. The normalized spacial score (nSPS) is 16.1. The molecule has 0 bridgehead atoms. The molecule has 0 aromatic rings. The molecular formula is C17H33N3O2. The number of rotatable bonds is 9. The van der Waals surface area contributed by atoms with Crippen LogP contribution in [0.15, 0.2) is 0 Å². The Bertz CT molecular complexity index is 333. The van der Waals surface area contributed by atoms with Gasteiger partial charge in [0.05, 0.1) is 0 Å². The molecule has 0 aromatic heterocycles. The van der Waals surface area contributed by atoms with Crippen LogP contribution in [0.1, 0.15) is 59.3 Å². The molecule has 128 valence electrons. The molecule has 1 aliphatic heterocycles. The van der Waals surface area contributed by atoms with E-state index in [2.05, 4.69) is 24.1 Å². The fourth-order valence-electron chi connectivity index (χ4n) is 3.14. The van der Waals surface area contributed by atoms with Crippen LogP contribution in [0.25, 0.3) is 0 Å². The van der Waals surface area contributed by atoms with Gasteiger partial charge >= 0.3 is 0 Å². The summed E-state index contributed by atoms with van der Waals surface area (Å²) in [7, 11) is 0. The maximum atomic E-state index is 12.2. The highest BCUT2D eigenvalue weighted by Crippen LogP contribution is 2.12. The molecule has 0 unspecified atom stereocenters. The molecule has 1 rings (SSSR count). The fraction of sp³-hybridized carbons (Fsp3) is 0.882. The minimum atomic E-state index is 0.0247. The number of carbonyl (C=O) groups is 2. The summed E-state index contributed by atoms with van der Waals surface area (Å²) >= 11 is 0. The van der Waals surface area contributed by atoms with Crippen molar-refractivity contribution in [3.05, 3.63) is 0 Å². The van der Waals surface area contributed by atoms with Crippen molar-refractivity contribution in [2.45, 2.75) is 65.3 Å². The van der Waals surface area contributed by atoms with Crippen LogP contribution >= 0.6 is 0 Å². The molecule has 0 aliphatic carbocycles. The smallest absolute Gasteiger partial charge is 0.222 e. The van der Waals surface area contributed by atoms with E-state index in [-0.39, 0.29) is 17.9 Å². The molecule has 0 radical (unpaired) electrons. The van der Waals surface area contributed by atoms with Gasteiger partial charge in [0, 0.05) is 32.5 Å². The molecule has 0 spiro atoms. The maximum Gasteiger partial charge on any atom is 0.222 e. The van der Waals surface area contributed by atoms with Crippen LogP contribution in [0.3, 0.4) is 0 Å². The monoisotopic (exact) mass is 311 g/mol. The van der Waals surface area contributed by atoms with Crippen molar-refractivity contribution in [3.63, 3.8) is 0 Å². The van der Waals surface area contributed by atoms with Gasteiger partial charge in [-0.2, -0.15) is 0 Å². The first-order chi connectivity index (χ1) is 10.6. The maximum absolute atomic E-state index is 12.2. The third kappa shape index (κ3) is 7.25. The SMILES string of the molecule is CCCN(CCC)CCCC(=O)N1CCC(NC(C)=O)CC1. The number of nitrogens with one attached hydrogen (secondary N) is 1. The number of amides is 2. The highest BCUT2D eigenvalue weighted by molar-refractivity contribution is 5.76. The van der Waals surface area contributed by atoms with Crippen LogP contribution in [0.2, 0.25) is 0 Å². The third-order valence-corrected chi connectivity index (χ3v) is 4.20.